The second-order valence-electron chi connectivity index (χ2n) is 7.44. The summed E-state index contributed by atoms with van der Waals surface area (Å²) >= 11 is 0. The van der Waals surface area contributed by atoms with Crippen molar-refractivity contribution in [1.82, 2.24) is 19.5 Å². The van der Waals surface area contributed by atoms with Crippen molar-refractivity contribution in [3.8, 4) is 0 Å². The molecule has 0 aliphatic heterocycles. The number of carboxylic acids is 1. The van der Waals surface area contributed by atoms with Crippen LogP contribution in [-0.2, 0) is 0 Å². The summed E-state index contributed by atoms with van der Waals surface area (Å²) < 4.78 is 2.04. The molecule has 1 saturated carbocycles. The lowest BCUT2D eigenvalue weighted by atomic mass is 10.2. The first-order valence-electron chi connectivity index (χ1n) is 12.3. The first kappa shape index (κ1) is 28.7. The van der Waals surface area contributed by atoms with Crippen LogP contribution in [-0.4, -0.2) is 36.4 Å². The van der Waals surface area contributed by atoms with Gasteiger partial charge in [-0.3, -0.25) is 4.79 Å². The third-order valence-corrected chi connectivity index (χ3v) is 4.88. The summed E-state index contributed by atoms with van der Waals surface area (Å²) in [5.41, 5.74) is 1.50. The Bertz CT molecular complexity index is 1040. The number of carbonyl (C=O) groups excluding carboxylic acids is 1. The summed E-state index contributed by atoms with van der Waals surface area (Å²) in [5.74, 6) is -0.214. The molecule has 3 aromatic rings. The zero-order valence-corrected chi connectivity index (χ0v) is 21.6. The fourth-order valence-electron chi connectivity index (χ4n) is 3.58. The summed E-state index contributed by atoms with van der Waals surface area (Å²) in [6.45, 7) is 13.8. The van der Waals surface area contributed by atoms with Gasteiger partial charge in [-0.05, 0) is 31.0 Å². The first-order valence-corrected chi connectivity index (χ1v) is 12.3. The van der Waals surface area contributed by atoms with Crippen LogP contribution < -0.4 is 5.32 Å². The van der Waals surface area contributed by atoms with Crippen LogP contribution in [0.25, 0.3) is 11.0 Å². The second kappa shape index (κ2) is 14.8. The van der Waals surface area contributed by atoms with E-state index in [0.717, 1.165) is 36.7 Å². The lowest BCUT2D eigenvalue weighted by Gasteiger charge is -2.16. The third-order valence-electron chi connectivity index (χ3n) is 4.88. The summed E-state index contributed by atoms with van der Waals surface area (Å²) in [6.07, 6.45) is 8.59. The number of nitrogens with zero attached hydrogens (tertiary/aromatic N) is 4. The number of anilines is 2. The minimum absolute atomic E-state index is 0.0142. The van der Waals surface area contributed by atoms with Crippen molar-refractivity contribution in [2.45, 2.75) is 86.6 Å². The number of nitrogens with one attached hydrogen (secondary N) is 1. The number of fused-ring (bicyclic) bond motifs is 1. The molecular weight excluding hydrogens is 430 g/mol. The number of aromatic nitrogens is 4. The minimum Gasteiger partial charge on any atom is -0.478 e. The Kier molecular flexibility index (Phi) is 12.5. The fraction of sp³-hybridized carbons (Fsp3) is 0.500. The Morgan fingerprint density at radius 3 is 2.18 bits per heavy atom. The molecule has 1 aliphatic carbocycles. The van der Waals surface area contributed by atoms with Crippen LogP contribution in [0.1, 0.15) is 107 Å². The molecule has 4 rings (SSSR count). The molecule has 8 heteroatoms. The molecule has 0 aromatic carbocycles. The molecule has 34 heavy (non-hydrogen) atoms. The number of hydrogen-bond acceptors (Lipinski definition) is 6. The van der Waals surface area contributed by atoms with E-state index in [1.165, 1.54) is 18.7 Å². The Balaban J connectivity index is 0.000000750. The van der Waals surface area contributed by atoms with E-state index in [1.54, 1.807) is 19.2 Å². The SMILES string of the molecule is CC.CC.CC(=O)c1cc2cnc(Nc3ccc(C(=O)O)cn3)nc2n1C1CCCC1.CCC. The predicted molar refractivity (Wildman–Crippen MR) is 138 cm³/mol. The van der Waals surface area contributed by atoms with Crippen molar-refractivity contribution in [3.05, 3.63) is 41.9 Å². The average Bonchev–Trinajstić information content (AvgIpc) is 3.50. The van der Waals surface area contributed by atoms with Gasteiger partial charge in [0.1, 0.15) is 11.5 Å². The summed E-state index contributed by atoms with van der Waals surface area (Å²) in [5, 5.41) is 12.8. The van der Waals surface area contributed by atoms with Crippen LogP contribution in [0.3, 0.4) is 0 Å². The molecule has 1 aliphatic rings. The zero-order chi connectivity index (χ0) is 25.7. The van der Waals surface area contributed by atoms with Crippen molar-refractivity contribution < 1.29 is 14.7 Å². The van der Waals surface area contributed by atoms with Crippen molar-refractivity contribution in [3.63, 3.8) is 0 Å². The highest BCUT2D eigenvalue weighted by Crippen LogP contribution is 2.34. The van der Waals surface area contributed by atoms with Gasteiger partial charge in [-0.1, -0.05) is 60.8 Å². The quantitative estimate of drug-likeness (QED) is 0.385. The van der Waals surface area contributed by atoms with Gasteiger partial charge in [0, 0.05) is 30.7 Å². The van der Waals surface area contributed by atoms with Gasteiger partial charge in [-0.25, -0.2) is 14.8 Å². The van der Waals surface area contributed by atoms with Crippen LogP contribution >= 0.6 is 0 Å². The molecule has 3 aromatic heterocycles. The van der Waals surface area contributed by atoms with Gasteiger partial charge in [0.05, 0.1) is 11.3 Å². The minimum atomic E-state index is -1.03. The monoisotopic (exact) mass is 469 g/mol. The van der Waals surface area contributed by atoms with Crippen molar-refractivity contribution in [1.29, 1.82) is 0 Å². The van der Waals surface area contributed by atoms with E-state index in [2.05, 4.69) is 34.1 Å². The maximum atomic E-state index is 12.1. The van der Waals surface area contributed by atoms with Gasteiger partial charge in [0.2, 0.25) is 5.95 Å². The molecule has 0 amide bonds. The summed E-state index contributed by atoms with van der Waals surface area (Å²) in [6, 6.07) is 5.15. The third kappa shape index (κ3) is 7.37. The molecule has 186 valence electrons. The Morgan fingerprint density at radius 2 is 1.68 bits per heavy atom. The largest absolute Gasteiger partial charge is 0.478 e. The van der Waals surface area contributed by atoms with Gasteiger partial charge in [0.15, 0.2) is 5.78 Å². The molecule has 3 heterocycles. The highest BCUT2D eigenvalue weighted by molar-refractivity contribution is 5.98. The van der Waals surface area contributed by atoms with Gasteiger partial charge < -0.3 is 15.0 Å². The van der Waals surface area contributed by atoms with Gasteiger partial charge in [-0.15, -0.1) is 0 Å². The predicted octanol–water partition coefficient (Wildman–Crippen LogP) is 7.05. The van der Waals surface area contributed by atoms with Crippen molar-refractivity contribution in [2.75, 3.05) is 5.32 Å². The molecule has 0 bridgehead atoms. The number of Topliss-reactive ketones (excluding diaryl/α,β-unsaturated/α-hetero) is 1. The van der Waals surface area contributed by atoms with E-state index in [4.69, 9.17) is 5.11 Å². The number of pyridine rings is 1. The molecule has 2 N–H and O–H groups in total. The van der Waals surface area contributed by atoms with Crippen LogP contribution in [0.15, 0.2) is 30.6 Å². The normalized spacial score (nSPS) is 12.4. The van der Waals surface area contributed by atoms with Gasteiger partial charge in [-0.2, -0.15) is 4.98 Å². The number of carbonyl (C=O) groups is 2. The summed E-state index contributed by atoms with van der Waals surface area (Å²) in [4.78, 5) is 36.0. The lowest BCUT2D eigenvalue weighted by molar-refractivity contribution is 0.0696. The molecule has 0 unspecified atom stereocenters. The van der Waals surface area contributed by atoms with E-state index in [-0.39, 0.29) is 17.4 Å². The lowest BCUT2D eigenvalue weighted by Crippen LogP contribution is -2.12. The van der Waals surface area contributed by atoms with E-state index >= 15 is 0 Å². The summed E-state index contributed by atoms with van der Waals surface area (Å²) in [7, 11) is 0. The molecule has 0 spiro atoms. The molecule has 0 atom stereocenters. The van der Waals surface area contributed by atoms with Crippen LogP contribution in [0.5, 0.6) is 0 Å². The second-order valence-corrected chi connectivity index (χ2v) is 7.44. The van der Waals surface area contributed by atoms with Gasteiger partial charge >= 0.3 is 5.97 Å². The number of ketones is 1. The van der Waals surface area contributed by atoms with E-state index in [1.807, 2.05) is 38.3 Å². The van der Waals surface area contributed by atoms with E-state index < -0.39 is 5.97 Å². The van der Waals surface area contributed by atoms with Gasteiger partial charge in [0.25, 0.3) is 0 Å². The first-order chi connectivity index (χ1) is 16.4. The standard InChI is InChI=1S/C19H19N5O3.C3H8.2C2H6/c1-11(25)15-8-13-10-21-19(22-16-7-6-12(9-20-16)18(26)27)23-17(13)24(15)14-4-2-3-5-14;1-3-2;2*1-2/h6-10,14H,2-5H2,1H3,(H,26,27)(H,20,21,22,23);3H2,1-2H3;2*1-2H3. The molecule has 1 fully saturated rings. The van der Waals surface area contributed by atoms with E-state index in [9.17, 15) is 9.59 Å². The van der Waals surface area contributed by atoms with Crippen LogP contribution in [0.4, 0.5) is 11.8 Å². The Morgan fingerprint density at radius 1 is 1.06 bits per heavy atom. The number of hydrogen-bond donors (Lipinski definition) is 2. The molecule has 0 saturated heterocycles. The fourth-order valence-corrected chi connectivity index (χ4v) is 3.58. The topological polar surface area (TPSA) is 110 Å². The number of carboxylic acid groups (broad SMARTS) is 1. The number of rotatable bonds is 5. The van der Waals surface area contributed by atoms with Crippen LogP contribution in [0, 0.1) is 0 Å². The number of aromatic carboxylic acids is 1. The highest BCUT2D eigenvalue weighted by atomic mass is 16.4. The average molecular weight is 470 g/mol. The molecule has 0 radical (unpaired) electrons. The van der Waals surface area contributed by atoms with Crippen molar-refractivity contribution >= 4 is 34.6 Å². The van der Waals surface area contributed by atoms with Crippen molar-refractivity contribution in [2.24, 2.45) is 0 Å². The molecule has 8 nitrogen and oxygen atoms in total. The smallest absolute Gasteiger partial charge is 0.337 e. The van der Waals surface area contributed by atoms with E-state index in [0.29, 0.717) is 17.5 Å². The maximum Gasteiger partial charge on any atom is 0.337 e. The maximum absolute atomic E-state index is 12.1. The Labute approximate surface area is 202 Å². The molecular formula is C26H39N5O3. The highest BCUT2D eigenvalue weighted by Gasteiger charge is 2.24. The van der Waals surface area contributed by atoms with Crippen LogP contribution in [0.2, 0.25) is 0 Å². The zero-order valence-electron chi connectivity index (χ0n) is 21.6. The Hall–Kier alpha value is -3.29.